The Morgan fingerprint density at radius 1 is 0.800 bits per heavy atom. The van der Waals surface area contributed by atoms with Crippen LogP contribution in [0.5, 0.6) is 0 Å². The molecule has 2 saturated heterocycles. The maximum Gasteiger partial charge on any atom is 0.0159 e. The zero-order valence-electron chi connectivity index (χ0n) is 18.8. The van der Waals surface area contributed by atoms with E-state index in [4.69, 9.17) is 0 Å². The van der Waals surface area contributed by atoms with Crippen LogP contribution in [0.4, 0.5) is 0 Å². The van der Waals surface area contributed by atoms with Gasteiger partial charge in [0.25, 0.3) is 0 Å². The summed E-state index contributed by atoms with van der Waals surface area (Å²) in [5, 5.41) is 0. The SMILES string of the molecule is CC1CCC(C)CN(C(C)(C)CC2(C)CC(C)CN(C(C)(C)C)C2)C1. The second-order valence-electron chi connectivity index (χ2n) is 11.9. The van der Waals surface area contributed by atoms with Gasteiger partial charge in [-0.15, -0.1) is 0 Å². The third-order valence-corrected chi connectivity index (χ3v) is 6.83. The lowest BCUT2D eigenvalue weighted by atomic mass is 9.69. The minimum Gasteiger partial charge on any atom is -0.298 e. The van der Waals surface area contributed by atoms with Gasteiger partial charge in [-0.2, -0.15) is 0 Å². The van der Waals surface area contributed by atoms with Crippen molar-refractivity contribution < 1.29 is 0 Å². The third-order valence-electron chi connectivity index (χ3n) is 6.83. The van der Waals surface area contributed by atoms with Crippen molar-refractivity contribution in [3.63, 3.8) is 0 Å². The van der Waals surface area contributed by atoms with Gasteiger partial charge in [-0.25, -0.2) is 0 Å². The molecule has 0 saturated carbocycles. The van der Waals surface area contributed by atoms with Gasteiger partial charge in [0.05, 0.1) is 0 Å². The van der Waals surface area contributed by atoms with Gasteiger partial charge in [-0.1, -0.05) is 27.7 Å². The molecular formula is C23H46N2. The summed E-state index contributed by atoms with van der Waals surface area (Å²) in [6.45, 7) is 27.2. The van der Waals surface area contributed by atoms with Gasteiger partial charge in [0.1, 0.15) is 0 Å². The van der Waals surface area contributed by atoms with Crippen molar-refractivity contribution in [1.82, 2.24) is 9.80 Å². The quantitative estimate of drug-likeness (QED) is 0.647. The zero-order chi connectivity index (χ0) is 19.0. The zero-order valence-corrected chi connectivity index (χ0v) is 18.8. The van der Waals surface area contributed by atoms with Gasteiger partial charge in [0.15, 0.2) is 0 Å². The summed E-state index contributed by atoms with van der Waals surface area (Å²) in [5.74, 6) is 2.48. The predicted molar refractivity (Wildman–Crippen MR) is 111 cm³/mol. The van der Waals surface area contributed by atoms with Crippen molar-refractivity contribution in [3.05, 3.63) is 0 Å². The van der Waals surface area contributed by atoms with Gasteiger partial charge in [0.2, 0.25) is 0 Å². The Morgan fingerprint density at radius 3 is 1.76 bits per heavy atom. The highest BCUT2D eigenvalue weighted by molar-refractivity contribution is 4.97. The molecule has 25 heavy (non-hydrogen) atoms. The van der Waals surface area contributed by atoms with Crippen LogP contribution in [-0.4, -0.2) is 47.1 Å². The summed E-state index contributed by atoms with van der Waals surface area (Å²) < 4.78 is 0. The number of nitrogens with zero attached hydrogens (tertiary/aromatic N) is 2. The molecule has 2 aliphatic heterocycles. The Bertz CT molecular complexity index is 424. The van der Waals surface area contributed by atoms with Gasteiger partial charge in [-0.05, 0) is 83.5 Å². The average molecular weight is 351 g/mol. The first-order chi connectivity index (χ1) is 11.3. The van der Waals surface area contributed by atoms with Crippen LogP contribution in [0.2, 0.25) is 0 Å². The van der Waals surface area contributed by atoms with Crippen LogP contribution in [0.3, 0.4) is 0 Å². The van der Waals surface area contributed by atoms with Crippen molar-refractivity contribution in [3.8, 4) is 0 Å². The smallest absolute Gasteiger partial charge is 0.0159 e. The molecule has 2 rings (SSSR count). The summed E-state index contributed by atoms with van der Waals surface area (Å²) in [5.41, 5.74) is 1.00. The van der Waals surface area contributed by atoms with Crippen LogP contribution in [0.1, 0.15) is 88.0 Å². The van der Waals surface area contributed by atoms with Crippen LogP contribution in [0, 0.1) is 23.2 Å². The lowest BCUT2D eigenvalue weighted by Gasteiger charge is -2.53. The lowest BCUT2D eigenvalue weighted by molar-refractivity contribution is -0.0297. The largest absolute Gasteiger partial charge is 0.298 e. The molecule has 4 unspecified atom stereocenters. The summed E-state index contributed by atoms with van der Waals surface area (Å²) in [6.07, 6.45) is 5.50. The van der Waals surface area contributed by atoms with Crippen LogP contribution in [0.25, 0.3) is 0 Å². The number of piperidine rings is 1. The van der Waals surface area contributed by atoms with Gasteiger partial charge >= 0.3 is 0 Å². The van der Waals surface area contributed by atoms with Crippen LogP contribution >= 0.6 is 0 Å². The second-order valence-corrected chi connectivity index (χ2v) is 11.9. The van der Waals surface area contributed by atoms with Crippen molar-refractivity contribution in [1.29, 1.82) is 0 Å². The number of hydrogen-bond donors (Lipinski definition) is 0. The van der Waals surface area contributed by atoms with E-state index in [0.29, 0.717) is 11.0 Å². The van der Waals surface area contributed by atoms with E-state index < -0.39 is 0 Å². The van der Waals surface area contributed by atoms with E-state index in [1.165, 1.54) is 51.9 Å². The van der Waals surface area contributed by atoms with Gasteiger partial charge in [-0.3, -0.25) is 9.80 Å². The standard InChI is InChI=1S/C23H46N2/c1-18-10-11-19(2)14-24(13-18)22(7,8)16-23(9)12-20(3)15-25(17-23)21(4,5)6/h18-20H,10-17H2,1-9H3. The van der Waals surface area contributed by atoms with Crippen LogP contribution in [-0.2, 0) is 0 Å². The van der Waals surface area contributed by atoms with E-state index in [2.05, 4.69) is 72.1 Å². The molecule has 0 aromatic rings. The van der Waals surface area contributed by atoms with Gasteiger partial charge in [0, 0.05) is 37.3 Å². The van der Waals surface area contributed by atoms with Crippen molar-refractivity contribution in [2.24, 2.45) is 23.2 Å². The average Bonchev–Trinajstić information content (AvgIpc) is 2.58. The minimum absolute atomic E-state index is 0.283. The van der Waals surface area contributed by atoms with Crippen molar-refractivity contribution in [2.75, 3.05) is 26.2 Å². The maximum atomic E-state index is 2.83. The van der Waals surface area contributed by atoms with Crippen molar-refractivity contribution >= 4 is 0 Å². The first-order valence-electron chi connectivity index (χ1n) is 10.8. The molecule has 0 amide bonds. The highest BCUT2D eigenvalue weighted by atomic mass is 15.2. The molecule has 0 N–H and O–H groups in total. The molecule has 0 aromatic carbocycles. The molecule has 2 heterocycles. The molecule has 0 aromatic heterocycles. The highest BCUT2D eigenvalue weighted by Gasteiger charge is 2.43. The molecule has 2 fully saturated rings. The van der Waals surface area contributed by atoms with E-state index in [1.54, 1.807) is 0 Å². The van der Waals surface area contributed by atoms with Crippen LogP contribution in [0.15, 0.2) is 0 Å². The summed E-state index contributed by atoms with van der Waals surface area (Å²) in [4.78, 5) is 5.58. The maximum absolute atomic E-state index is 2.83. The Labute approximate surface area is 158 Å². The number of rotatable bonds is 3. The minimum atomic E-state index is 0.283. The Morgan fingerprint density at radius 2 is 1.28 bits per heavy atom. The van der Waals surface area contributed by atoms with E-state index in [0.717, 1.165) is 17.8 Å². The predicted octanol–water partition coefficient (Wildman–Crippen LogP) is 5.67. The van der Waals surface area contributed by atoms with E-state index in [1.807, 2.05) is 0 Å². The molecule has 0 radical (unpaired) electrons. The molecule has 148 valence electrons. The molecule has 0 aliphatic carbocycles. The number of likely N-dealkylation sites (tertiary alicyclic amines) is 2. The fourth-order valence-corrected chi connectivity index (χ4v) is 5.74. The monoisotopic (exact) mass is 350 g/mol. The first-order valence-corrected chi connectivity index (χ1v) is 10.8. The Kier molecular flexibility index (Phi) is 6.37. The molecular weight excluding hydrogens is 304 g/mol. The highest BCUT2D eigenvalue weighted by Crippen LogP contribution is 2.43. The second kappa shape index (κ2) is 7.50. The fourth-order valence-electron chi connectivity index (χ4n) is 5.74. The molecule has 4 atom stereocenters. The number of hydrogen-bond acceptors (Lipinski definition) is 2. The molecule has 2 aliphatic rings. The fraction of sp³-hybridized carbons (Fsp3) is 1.00. The lowest BCUT2D eigenvalue weighted by Crippen LogP contribution is -2.57. The molecule has 0 spiro atoms. The molecule has 2 nitrogen and oxygen atoms in total. The summed E-state index contributed by atoms with van der Waals surface area (Å²) >= 11 is 0. The topological polar surface area (TPSA) is 6.48 Å². The van der Waals surface area contributed by atoms with Crippen molar-refractivity contribution in [2.45, 2.75) is 99.1 Å². The Balaban J connectivity index is 2.13. The summed E-state index contributed by atoms with van der Waals surface area (Å²) in [7, 11) is 0. The molecule has 0 bridgehead atoms. The Hall–Kier alpha value is -0.0800. The third kappa shape index (κ3) is 5.70. The summed E-state index contributed by atoms with van der Waals surface area (Å²) in [6, 6.07) is 0. The first kappa shape index (κ1) is 21.2. The van der Waals surface area contributed by atoms with E-state index in [9.17, 15) is 0 Å². The van der Waals surface area contributed by atoms with E-state index >= 15 is 0 Å². The van der Waals surface area contributed by atoms with Crippen LogP contribution < -0.4 is 0 Å². The molecule has 2 heteroatoms. The van der Waals surface area contributed by atoms with E-state index in [-0.39, 0.29) is 5.54 Å². The normalized spacial score (nSPS) is 37.1. The van der Waals surface area contributed by atoms with Gasteiger partial charge < -0.3 is 0 Å².